The van der Waals surface area contributed by atoms with E-state index in [0.717, 1.165) is 0 Å². The Kier molecular flexibility index (Phi) is 7.39. The van der Waals surface area contributed by atoms with Crippen molar-refractivity contribution in [3.8, 4) is 0 Å². The highest BCUT2D eigenvalue weighted by Gasteiger charge is 2.15. The molecule has 0 fully saturated rings. The molecular formula is C20H19Cl2NO4. The van der Waals surface area contributed by atoms with E-state index in [9.17, 15) is 14.4 Å². The van der Waals surface area contributed by atoms with Crippen molar-refractivity contribution < 1.29 is 19.1 Å². The maximum Gasteiger partial charge on any atom is 0.340 e. The number of carbonyl (C=O) groups is 3. The maximum absolute atomic E-state index is 12.2. The molecule has 0 aliphatic heterocycles. The quantitative estimate of drug-likeness (QED) is 0.516. The summed E-state index contributed by atoms with van der Waals surface area (Å²) in [6.07, 6.45) is 0.419. The van der Waals surface area contributed by atoms with Gasteiger partial charge >= 0.3 is 5.97 Å². The van der Waals surface area contributed by atoms with Crippen molar-refractivity contribution in [1.29, 1.82) is 0 Å². The minimum atomic E-state index is -0.728. The van der Waals surface area contributed by atoms with Crippen molar-refractivity contribution >= 4 is 46.5 Å². The van der Waals surface area contributed by atoms with Gasteiger partial charge in [-0.25, -0.2) is 4.79 Å². The number of hydrogen-bond acceptors (Lipinski definition) is 4. The molecule has 0 aromatic heterocycles. The van der Waals surface area contributed by atoms with Crippen LogP contribution < -0.4 is 5.32 Å². The normalized spacial score (nSPS) is 10.6. The van der Waals surface area contributed by atoms with Gasteiger partial charge in [-0.05, 0) is 48.4 Å². The molecule has 0 unspecified atom stereocenters. The van der Waals surface area contributed by atoms with Gasteiger partial charge in [0, 0.05) is 22.7 Å². The number of esters is 1. The summed E-state index contributed by atoms with van der Waals surface area (Å²) < 4.78 is 5.02. The van der Waals surface area contributed by atoms with Crippen molar-refractivity contribution in [3.05, 3.63) is 63.6 Å². The number of ether oxygens (including phenoxy) is 1. The van der Waals surface area contributed by atoms with Gasteiger partial charge in [0.2, 0.25) is 5.91 Å². The van der Waals surface area contributed by atoms with Crippen LogP contribution in [0.5, 0.6) is 0 Å². The molecule has 0 radical (unpaired) electrons. The van der Waals surface area contributed by atoms with E-state index in [4.69, 9.17) is 27.9 Å². The number of nitrogens with one attached hydrogen (secondary N) is 1. The van der Waals surface area contributed by atoms with Gasteiger partial charge in [0.05, 0.1) is 10.6 Å². The Morgan fingerprint density at radius 1 is 1.04 bits per heavy atom. The summed E-state index contributed by atoms with van der Waals surface area (Å²) in [6.45, 7) is 3.49. The van der Waals surface area contributed by atoms with E-state index < -0.39 is 12.6 Å². The van der Waals surface area contributed by atoms with Crippen LogP contribution in [0.15, 0.2) is 42.5 Å². The standard InChI is InChI=1S/C20H19Cl2NO4/c1-12(2)9-19(25)23-15-6-3-13(4-7-15)18(24)11-27-20(26)16-10-14(21)5-8-17(16)22/h3-8,10,12H,9,11H2,1-2H3,(H,23,25). The Bertz CT molecular complexity index is 848. The second-order valence-electron chi connectivity index (χ2n) is 6.35. The predicted molar refractivity (Wildman–Crippen MR) is 106 cm³/mol. The largest absolute Gasteiger partial charge is 0.454 e. The first-order valence-electron chi connectivity index (χ1n) is 8.31. The third kappa shape index (κ3) is 6.38. The Labute approximate surface area is 167 Å². The molecule has 0 atom stereocenters. The summed E-state index contributed by atoms with van der Waals surface area (Å²) in [5, 5.41) is 3.29. The molecule has 1 N–H and O–H groups in total. The molecule has 0 saturated carbocycles. The molecule has 142 valence electrons. The molecule has 0 spiro atoms. The molecule has 1 amide bonds. The van der Waals surface area contributed by atoms with E-state index in [1.807, 2.05) is 13.8 Å². The number of ketones is 1. The van der Waals surface area contributed by atoms with Crippen molar-refractivity contribution in [2.24, 2.45) is 5.92 Å². The molecule has 2 aromatic carbocycles. The Balaban J connectivity index is 1.93. The smallest absolute Gasteiger partial charge is 0.340 e. The number of halogens is 2. The second-order valence-corrected chi connectivity index (χ2v) is 7.19. The summed E-state index contributed by atoms with van der Waals surface area (Å²) in [4.78, 5) is 36.0. The molecule has 0 aliphatic rings. The zero-order valence-electron chi connectivity index (χ0n) is 14.9. The monoisotopic (exact) mass is 407 g/mol. The Morgan fingerprint density at radius 2 is 1.70 bits per heavy atom. The summed E-state index contributed by atoms with van der Waals surface area (Å²) in [7, 11) is 0. The van der Waals surface area contributed by atoms with Gasteiger partial charge < -0.3 is 10.1 Å². The fraction of sp³-hybridized carbons (Fsp3) is 0.250. The van der Waals surface area contributed by atoms with Crippen molar-refractivity contribution in [2.75, 3.05) is 11.9 Å². The third-order valence-electron chi connectivity index (χ3n) is 3.57. The van der Waals surface area contributed by atoms with Crippen LogP contribution in [0.1, 0.15) is 41.0 Å². The summed E-state index contributed by atoms with van der Waals surface area (Å²) in [5.74, 6) is -0.931. The average Bonchev–Trinajstić information content (AvgIpc) is 2.61. The average molecular weight is 408 g/mol. The lowest BCUT2D eigenvalue weighted by atomic mass is 10.1. The van der Waals surface area contributed by atoms with Gasteiger partial charge in [-0.3, -0.25) is 9.59 Å². The molecule has 2 rings (SSSR count). The Hall–Kier alpha value is -2.37. The van der Waals surface area contributed by atoms with Gasteiger partial charge in [0.15, 0.2) is 12.4 Å². The molecule has 0 aliphatic carbocycles. The molecule has 5 nitrogen and oxygen atoms in total. The topological polar surface area (TPSA) is 72.5 Å². The molecule has 0 bridgehead atoms. The molecule has 2 aromatic rings. The number of hydrogen-bond donors (Lipinski definition) is 1. The van der Waals surface area contributed by atoms with Crippen molar-refractivity contribution in [3.63, 3.8) is 0 Å². The number of carbonyl (C=O) groups excluding carboxylic acids is 3. The van der Waals surface area contributed by atoms with Gasteiger partial charge in [0.1, 0.15) is 0 Å². The fourth-order valence-corrected chi connectivity index (χ4v) is 2.64. The van der Waals surface area contributed by atoms with Crippen molar-refractivity contribution in [2.45, 2.75) is 20.3 Å². The number of rotatable bonds is 7. The third-order valence-corrected chi connectivity index (χ3v) is 4.13. The van der Waals surface area contributed by atoms with Crippen LogP contribution in [0, 0.1) is 5.92 Å². The summed E-state index contributed by atoms with van der Waals surface area (Å²) in [5.41, 5.74) is 1.06. The zero-order valence-corrected chi connectivity index (χ0v) is 16.4. The highest BCUT2D eigenvalue weighted by Crippen LogP contribution is 2.21. The van der Waals surface area contributed by atoms with Crippen LogP contribution in [0.25, 0.3) is 0 Å². The van der Waals surface area contributed by atoms with Gasteiger partial charge in [0.25, 0.3) is 0 Å². The number of amides is 1. The van der Waals surface area contributed by atoms with Gasteiger partial charge in [-0.2, -0.15) is 0 Å². The van der Waals surface area contributed by atoms with Gasteiger partial charge in [-0.15, -0.1) is 0 Å². The molecule has 7 heteroatoms. The van der Waals surface area contributed by atoms with Crippen LogP contribution >= 0.6 is 23.2 Å². The van der Waals surface area contributed by atoms with E-state index in [1.54, 1.807) is 30.3 Å². The number of benzene rings is 2. The first-order chi connectivity index (χ1) is 12.8. The lowest BCUT2D eigenvalue weighted by molar-refractivity contribution is -0.116. The first kappa shape index (κ1) is 20.9. The molecule has 0 heterocycles. The van der Waals surface area contributed by atoms with E-state index in [-0.39, 0.29) is 28.2 Å². The minimum Gasteiger partial charge on any atom is -0.454 e. The number of Topliss-reactive ketones (excluding diaryl/α,β-unsaturated/α-hetero) is 1. The summed E-state index contributed by atoms with van der Waals surface area (Å²) >= 11 is 11.8. The van der Waals surface area contributed by atoms with E-state index in [1.165, 1.54) is 12.1 Å². The van der Waals surface area contributed by atoms with Crippen LogP contribution in [0.4, 0.5) is 5.69 Å². The molecule has 27 heavy (non-hydrogen) atoms. The molecule has 0 saturated heterocycles. The predicted octanol–water partition coefficient (Wildman–Crippen LogP) is 5.02. The van der Waals surface area contributed by atoms with E-state index >= 15 is 0 Å². The van der Waals surface area contributed by atoms with Crippen LogP contribution in [0.2, 0.25) is 10.0 Å². The number of anilines is 1. The lowest BCUT2D eigenvalue weighted by Crippen LogP contribution is -2.15. The van der Waals surface area contributed by atoms with Crippen LogP contribution in [0.3, 0.4) is 0 Å². The lowest BCUT2D eigenvalue weighted by Gasteiger charge is -2.08. The first-order valence-corrected chi connectivity index (χ1v) is 9.07. The molecular weight excluding hydrogens is 389 g/mol. The highest BCUT2D eigenvalue weighted by atomic mass is 35.5. The zero-order chi connectivity index (χ0) is 20.0. The highest BCUT2D eigenvalue weighted by molar-refractivity contribution is 6.35. The van der Waals surface area contributed by atoms with Crippen LogP contribution in [-0.2, 0) is 9.53 Å². The van der Waals surface area contributed by atoms with Crippen molar-refractivity contribution in [1.82, 2.24) is 0 Å². The SMILES string of the molecule is CC(C)CC(=O)Nc1ccc(C(=O)COC(=O)c2cc(Cl)ccc2Cl)cc1. The minimum absolute atomic E-state index is 0.0867. The Morgan fingerprint density at radius 3 is 2.33 bits per heavy atom. The van der Waals surface area contributed by atoms with E-state index in [2.05, 4.69) is 5.32 Å². The van der Waals surface area contributed by atoms with Crippen LogP contribution in [-0.4, -0.2) is 24.3 Å². The maximum atomic E-state index is 12.2. The van der Waals surface area contributed by atoms with E-state index in [0.29, 0.717) is 22.7 Å². The summed E-state index contributed by atoms with van der Waals surface area (Å²) in [6, 6.07) is 10.8. The second kappa shape index (κ2) is 9.53. The van der Waals surface area contributed by atoms with Gasteiger partial charge in [-0.1, -0.05) is 37.0 Å². The fourth-order valence-electron chi connectivity index (χ4n) is 2.27.